The van der Waals surface area contributed by atoms with E-state index in [0.717, 1.165) is 25.0 Å². The molecule has 0 bridgehead atoms. The van der Waals surface area contributed by atoms with E-state index in [0.29, 0.717) is 19.0 Å². The van der Waals surface area contributed by atoms with Crippen LogP contribution < -0.4 is 4.74 Å². The van der Waals surface area contributed by atoms with Crippen LogP contribution in [0, 0.1) is 0 Å². The number of ether oxygens (including phenoxy) is 3. The molecule has 5 nitrogen and oxygen atoms in total. The van der Waals surface area contributed by atoms with Crippen molar-refractivity contribution in [1.29, 1.82) is 0 Å². The van der Waals surface area contributed by atoms with Gasteiger partial charge in [-0.3, -0.25) is 0 Å². The molecule has 1 aromatic carbocycles. The molecule has 1 N–H and O–H groups in total. The van der Waals surface area contributed by atoms with Crippen molar-refractivity contribution in [1.82, 2.24) is 0 Å². The average molecular weight is 280 g/mol. The van der Waals surface area contributed by atoms with E-state index in [4.69, 9.17) is 19.3 Å². The van der Waals surface area contributed by atoms with Crippen LogP contribution in [0.2, 0.25) is 0 Å². The van der Waals surface area contributed by atoms with Gasteiger partial charge in [0.1, 0.15) is 5.75 Å². The Bertz CT molecular complexity index is 452. The van der Waals surface area contributed by atoms with Crippen molar-refractivity contribution in [3.63, 3.8) is 0 Å². The molecule has 20 heavy (non-hydrogen) atoms. The minimum atomic E-state index is -0.954. The summed E-state index contributed by atoms with van der Waals surface area (Å²) in [5, 5.41) is 9.00. The van der Waals surface area contributed by atoms with Gasteiger partial charge >= 0.3 is 5.97 Å². The van der Waals surface area contributed by atoms with Crippen molar-refractivity contribution < 1.29 is 24.1 Å². The molecule has 0 aliphatic carbocycles. The minimum Gasteiger partial charge on any atom is -0.496 e. The number of carboxylic acids is 1. The first-order valence-electron chi connectivity index (χ1n) is 6.80. The van der Waals surface area contributed by atoms with E-state index >= 15 is 0 Å². The van der Waals surface area contributed by atoms with Crippen LogP contribution in [0.5, 0.6) is 5.75 Å². The highest BCUT2D eigenvalue weighted by atomic mass is 16.5. The smallest absolute Gasteiger partial charge is 0.335 e. The number of carboxylic acid groups (broad SMARTS) is 1. The maximum absolute atomic E-state index is 11.0. The van der Waals surface area contributed by atoms with Gasteiger partial charge in [-0.25, -0.2) is 4.79 Å². The lowest BCUT2D eigenvalue weighted by Gasteiger charge is -2.22. The van der Waals surface area contributed by atoms with Crippen LogP contribution in [-0.4, -0.2) is 37.5 Å². The van der Waals surface area contributed by atoms with E-state index in [2.05, 4.69) is 0 Å². The standard InChI is InChI=1S/C15H20O5/c1-18-14-6-5-11(15(16)17)8-12(14)9-19-10-13-4-2-3-7-20-13/h5-6,8,13H,2-4,7,9-10H2,1H3,(H,16,17). The van der Waals surface area contributed by atoms with Gasteiger partial charge < -0.3 is 19.3 Å². The molecule has 1 aliphatic heterocycles. The monoisotopic (exact) mass is 280 g/mol. The molecule has 0 aromatic heterocycles. The molecule has 110 valence electrons. The summed E-state index contributed by atoms with van der Waals surface area (Å²) in [7, 11) is 1.56. The van der Waals surface area contributed by atoms with Gasteiger partial charge in [0, 0.05) is 12.2 Å². The highest BCUT2D eigenvalue weighted by Crippen LogP contribution is 2.21. The summed E-state index contributed by atoms with van der Waals surface area (Å²) in [6.45, 7) is 1.65. The Kier molecular flexibility index (Phi) is 5.38. The fraction of sp³-hybridized carbons (Fsp3) is 0.533. The van der Waals surface area contributed by atoms with Crippen LogP contribution in [0.25, 0.3) is 0 Å². The molecular weight excluding hydrogens is 260 g/mol. The fourth-order valence-electron chi connectivity index (χ4n) is 2.26. The molecule has 1 fully saturated rings. The van der Waals surface area contributed by atoms with Gasteiger partial charge in [-0.05, 0) is 37.5 Å². The summed E-state index contributed by atoms with van der Waals surface area (Å²) >= 11 is 0. The summed E-state index contributed by atoms with van der Waals surface area (Å²) in [5.74, 6) is -0.316. The first-order chi connectivity index (χ1) is 9.70. The van der Waals surface area contributed by atoms with E-state index in [1.54, 1.807) is 19.2 Å². The number of methoxy groups -OCH3 is 1. The number of rotatable bonds is 6. The zero-order chi connectivity index (χ0) is 14.4. The zero-order valence-corrected chi connectivity index (χ0v) is 11.6. The van der Waals surface area contributed by atoms with Crippen molar-refractivity contribution in [2.24, 2.45) is 0 Å². The van der Waals surface area contributed by atoms with Gasteiger partial charge in [-0.2, -0.15) is 0 Å². The van der Waals surface area contributed by atoms with Gasteiger partial charge in [0.25, 0.3) is 0 Å². The third-order valence-electron chi connectivity index (χ3n) is 3.36. The normalized spacial score (nSPS) is 18.8. The Morgan fingerprint density at radius 1 is 1.45 bits per heavy atom. The summed E-state index contributed by atoms with van der Waals surface area (Å²) in [4.78, 5) is 11.0. The summed E-state index contributed by atoms with van der Waals surface area (Å²) in [6.07, 6.45) is 3.46. The summed E-state index contributed by atoms with van der Waals surface area (Å²) < 4.78 is 16.4. The third-order valence-corrected chi connectivity index (χ3v) is 3.36. The topological polar surface area (TPSA) is 65.0 Å². The van der Waals surface area contributed by atoms with Crippen molar-refractivity contribution >= 4 is 5.97 Å². The molecule has 1 aliphatic rings. The Balaban J connectivity index is 1.93. The lowest BCUT2D eigenvalue weighted by atomic mass is 10.1. The van der Waals surface area contributed by atoms with Crippen molar-refractivity contribution in [3.8, 4) is 5.75 Å². The molecule has 1 heterocycles. The van der Waals surface area contributed by atoms with E-state index in [1.807, 2.05) is 0 Å². The highest BCUT2D eigenvalue weighted by Gasteiger charge is 2.15. The second-order valence-corrected chi connectivity index (χ2v) is 4.84. The average Bonchev–Trinajstić information content (AvgIpc) is 2.48. The predicted molar refractivity (Wildman–Crippen MR) is 73.2 cm³/mol. The maximum Gasteiger partial charge on any atom is 0.335 e. The molecule has 0 amide bonds. The SMILES string of the molecule is COc1ccc(C(=O)O)cc1COCC1CCCCO1. The van der Waals surface area contributed by atoms with Crippen LogP contribution in [0.1, 0.15) is 35.2 Å². The Hall–Kier alpha value is -1.59. The quantitative estimate of drug-likeness (QED) is 0.867. The van der Waals surface area contributed by atoms with Crippen molar-refractivity contribution in [3.05, 3.63) is 29.3 Å². The molecule has 5 heteroatoms. The molecule has 2 rings (SSSR count). The van der Waals surface area contributed by atoms with Crippen LogP contribution in [0.15, 0.2) is 18.2 Å². The van der Waals surface area contributed by atoms with Crippen LogP contribution >= 0.6 is 0 Å². The highest BCUT2D eigenvalue weighted by molar-refractivity contribution is 5.88. The Labute approximate surface area is 118 Å². The first kappa shape index (κ1) is 14.8. The molecule has 0 saturated carbocycles. The molecular formula is C15H20O5. The second-order valence-electron chi connectivity index (χ2n) is 4.84. The van der Waals surface area contributed by atoms with E-state index in [-0.39, 0.29) is 11.7 Å². The predicted octanol–water partition coefficient (Wildman–Crippen LogP) is 2.48. The van der Waals surface area contributed by atoms with Gasteiger partial charge in [0.15, 0.2) is 0 Å². The van der Waals surface area contributed by atoms with Crippen LogP contribution in [0.4, 0.5) is 0 Å². The number of benzene rings is 1. The van der Waals surface area contributed by atoms with Crippen molar-refractivity contribution in [2.75, 3.05) is 20.3 Å². The molecule has 1 saturated heterocycles. The molecule has 0 spiro atoms. The Morgan fingerprint density at radius 3 is 2.95 bits per heavy atom. The van der Waals surface area contributed by atoms with E-state index in [9.17, 15) is 4.79 Å². The lowest BCUT2D eigenvalue weighted by Crippen LogP contribution is -2.24. The zero-order valence-electron chi connectivity index (χ0n) is 11.6. The number of aromatic carboxylic acids is 1. The molecule has 1 unspecified atom stereocenters. The van der Waals surface area contributed by atoms with Gasteiger partial charge in [0.2, 0.25) is 0 Å². The maximum atomic E-state index is 11.0. The number of hydrogen-bond donors (Lipinski definition) is 1. The third kappa shape index (κ3) is 3.95. The first-order valence-corrected chi connectivity index (χ1v) is 6.80. The molecule has 1 aromatic rings. The van der Waals surface area contributed by atoms with Crippen LogP contribution in [0.3, 0.4) is 0 Å². The van der Waals surface area contributed by atoms with E-state index in [1.165, 1.54) is 12.5 Å². The van der Waals surface area contributed by atoms with Crippen LogP contribution in [-0.2, 0) is 16.1 Å². The summed E-state index contributed by atoms with van der Waals surface area (Å²) in [5.41, 5.74) is 0.974. The van der Waals surface area contributed by atoms with Gasteiger partial charge in [-0.1, -0.05) is 0 Å². The summed E-state index contributed by atoms with van der Waals surface area (Å²) in [6, 6.07) is 4.76. The van der Waals surface area contributed by atoms with Crippen molar-refractivity contribution in [2.45, 2.75) is 32.0 Å². The fourth-order valence-corrected chi connectivity index (χ4v) is 2.26. The molecule has 0 radical (unpaired) electrons. The largest absolute Gasteiger partial charge is 0.496 e. The molecule has 1 atom stereocenters. The number of hydrogen-bond acceptors (Lipinski definition) is 4. The second kappa shape index (κ2) is 7.26. The van der Waals surface area contributed by atoms with E-state index < -0.39 is 5.97 Å². The minimum absolute atomic E-state index is 0.150. The van der Waals surface area contributed by atoms with Gasteiger partial charge in [-0.15, -0.1) is 0 Å². The Morgan fingerprint density at radius 2 is 2.30 bits per heavy atom. The lowest BCUT2D eigenvalue weighted by molar-refractivity contribution is -0.0450. The van der Waals surface area contributed by atoms with Gasteiger partial charge in [0.05, 0.1) is 32.0 Å². The number of carbonyl (C=O) groups is 1.